The number of methoxy groups -OCH3 is 2. The fourth-order valence-electron chi connectivity index (χ4n) is 4.95. The molecule has 0 saturated heterocycles. The van der Waals surface area contributed by atoms with Gasteiger partial charge in [0.05, 0.1) is 45.2 Å². The summed E-state index contributed by atoms with van der Waals surface area (Å²) in [4.78, 5) is 28.4. The van der Waals surface area contributed by atoms with E-state index in [-0.39, 0.29) is 6.61 Å². The number of hydrogen-bond acceptors (Lipinski definition) is 7. The van der Waals surface area contributed by atoms with Gasteiger partial charge in [0.1, 0.15) is 5.76 Å². The predicted octanol–water partition coefficient (Wildman–Crippen LogP) is 3.91. The Balaban J connectivity index is 1.77. The van der Waals surface area contributed by atoms with Gasteiger partial charge in [0.2, 0.25) is 0 Å². The highest BCUT2D eigenvalue weighted by Crippen LogP contribution is 2.39. The number of para-hydroxylation sites is 1. The molecule has 9 heteroatoms. The maximum Gasteiger partial charge on any atom is 0.338 e. The van der Waals surface area contributed by atoms with Crippen LogP contribution in [0.2, 0.25) is 0 Å². The van der Waals surface area contributed by atoms with Gasteiger partial charge >= 0.3 is 12.0 Å². The van der Waals surface area contributed by atoms with Gasteiger partial charge in [-0.3, -0.25) is 4.90 Å². The van der Waals surface area contributed by atoms with Gasteiger partial charge in [0.15, 0.2) is 11.5 Å². The van der Waals surface area contributed by atoms with Crippen LogP contribution >= 0.6 is 0 Å². The van der Waals surface area contributed by atoms with Gasteiger partial charge in [0.25, 0.3) is 0 Å². The third-order valence-corrected chi connectivity index (χ3v) is 6.53. The summed E-state index contributed by atoms with van der Waals surface area (Å²) in [5, 5.41) is 5.77. The van der Waals surface area contributed by atoms with E-state index in [1.165, 1.54) is 7.11 Å². The molecule has 0 radical (unpaired) electrons. The average molecular weight is 484 g/mol. The van der Waals surface area contributed by atoms with E-state index < -0.39 is 18.0 Å². The largest absolute Gasteiger partial charge is 0.493 e. The molecular weight excluding hydrogens is 450 g/mol. The number of furan rings is 1. The second kappa shape index (κ2) is 11.3. The molecule has 1 aromatic heterocycles. The smallest absolute Gasteiger partial charge is 0.338 e. The van der Waals surface area contributed by atoms with Crippen LogP contribution in [0.1, 0.15) is 50.0 Å². The van der Waals surface area contributed by atoms with Gasteiger partial charge in [-0.05, 0) is 38.0 Å². The van der Waals surface area contributed by atoms with Crippen molar-refractivity contribution in [2.24, 2.45) is 0 Å². The topological polar surface area (TPSA) is 102 Å². The maximum atomic E-state index is 13.3. The highest BCUT2D eigenvalue weighted by molar-refractivity contribution is 5.95. The summed E-state index contributed by atoms with van der Waals surface area (Å²) < 4.78 is 22.1. The third kappa shape index (κ3) is 5.45. The lowest BCUT2D eigenvalue weighted by Crippen LogP contribution is -2.49. The highest BCUT2D eigenvalue weighted by Gasteiger charge is 2.37. The normalized spacial score (nSPS) is 18.4. The molecule has 35 heavy (non-hydrogen) atoms. The SMILES string of the molecule is CCOC(=O)C1=C(CN(Cc2ccco2)C2CCCC2)NC(=O)N[C@H]1c1cccc(OC)c1OC. The molecule has 1 aliphatic heterocycles. The number of urea groups is 1. The van der Waals surface area contributed by atoms with Crippen LogP contribution in [-0.4, -0.2) is 50.3 Å². The Morgan fingerprint density at radius 1 is 1.11 bits per heavy atom. The molecule has 1 fully saturated rings. The van der Waals surface area contributed by atoms with Crippen molar-refractivity contribution in [3.8, 4) is 11.5 Å². The fraction of sp³-hybridized carbons (Fsp3) is 0.462. The number of esters is 1. The standard InChI is InChI=1S/C26H33N3O6/c1-4-34-25(30)22-20(16-29(17-9-5-6-10-17)15-18-11-8-14-35-18)27-26(31)28-23(22)19-12-7-13-21(32-2)24(19)33-3/h7-8,11-14,17,23H,4-6,9-10,15-16H2,1-3H3,(H2,27,28,31)/t23-/m0/s1. The van der Waals surface area contributed by atoms with Crippen LogP contribution in [0.5, 0.6) is 11.5 Å². The minimum absolute atomic E-state index is 0.213. The highest BCUT2D eigenvalue weighted by atomic mass is 16.5. The monoisotopic (exact) mass is 483 g/mol. The molecule has 0 spiro atoms. The van der Waals surface area contributed by atoms with Crippen LogP contribution in [0.25, 0.3) is 0 Å². The van der Waals surface area contributed by atoms with Crippen molar-refractivity contribution in [2.45, 2.75) is 51.2 Å². The quantitative estimate of drug-likeness (QED) is 0.494. The first kappa shape index (κ1) is 24.7. The van der Waals surface area contributed by atoms with E-state index in [4.69, 9.17) is 18.6 Å². The van der Waals surface area contributed by atoms with Crippen LogP contribution in [-0.2, 0) is 16.1 Å². The summed E-state index contributed by atoms with van der Waals surface area (Å²) in [6, 6.07) is 8.35. The summed E-state index contributed by atoms with van der Waals surface area (Å²) in [5.41, 5.74) is 1.47. The van der Waals surface area contributed by atoms with Crippen molar-refractivity contribution in [1.29, 1.82) is 0 Å². The van der Waals surface area contributed by atoms with E-state index in [9.17, 15) is 9.59 Å². The predicted molar refractivity (Wildman–Crippen MR) is 129 cm³/mol. The Kier molecular flexibility index (Phi) is 7.97. The molecule has 1 aliphatic carbocycles. The Labute approximate surface area is 205 Å². The number of nitrogens with zero attached hydrogens (tertiary/aromatic N) is 1. The molecule has 1 aromatic carbocycles. The summed E-state index contributed by atoms with van der Waals surface area (Å²) in [6.07, 6.45) is 6.08. The van der Waals surface area contributed by atoms with E-state index in [1.54, 1.807) is 32.4 Å². The minimum Gasteiger partial charge on any atom is -0.493 e. The summed E-state index contributed by atoms with van der Waals surface area (Å²) in [7, 11) is 3.08. The summed E-state index contributed by atoms with van der Waals surface area (Å²) in [6.45, 7) is 2.92. The van der Waals surface area contributed by atoms with Crippen LogP contribution in [0.15, 0.2) is 52.3 Å². The number of carbonyl (C=O) groups is 2. The Morgan fingerprint density at radius 2 is 1.91 bits per heavy atom. The van der Waals surface area contributed by atoms with Gasteiger partial charge in [-0.1, -0.05) is 25.0 Å². The first-order chi connectivity index (χ1) is 17.0. The molecule has 2 aliphatic rings. The van der Waals surface area contributed by atoms with Crippen molar-refractivity contribution < 1.29 is 28.2 Å². The van der Waals surface area contributed by atoms with E-state index in [2.05, 4.69) is 15.5 Å². The number of rotatable bonds is 10. The van der Waals surface area contributed by atoms with Crippen LogP contribution in [0.4, 0.5) is 4.79 Å². The van der Waals surface area contributed by atoms with Crippen molar-refractivity contribution in [3.63, 3.8) is 0 Å². The van der Waals surface area contributed by atoms with Gasteiger partial charge in [-0.25, -0.2) is 9.59 Å². The molecular formula is C26H33N3O6. The first-order valence-corrected chi connectivity index (χ1v) is 12.0. The number of ether oxygens (including phenoxy) is 3. The molecule has 188 valence electrons. The lowest BCUT2D eigenvalue weighted by Gasteiger charge is -2.34. The van der Waals surface area contributed by atoms with E-state index in [1.807, 2.05) is 18.2 Å². The maximum absolute atomic E-state index is 13.3. The van der Waals surface area contributed by atoms with Crippen LogP contribution in [0.3, 0.4) is 0 Å². The van der Waals surface area contributed by atoms with Crippen LogP contribution in [0, 0.1) is 0 Å². The van der Waals surface area contributed by atoms with E-state index >= 15 is 0 Å². The molecule has 1 saturated carbocycles. The van der Waals surface area contributed by atoms with Gasteiger partial charge in [-0.15, -0.1) is 0 Å². The van der Waals surface area contributed by atoms with Gasteiger partial charge < -0.3 is 29.3 Å². The molecule has 4 rings (SSSR count). The van der Waals surface area contributed by atoms with Gasteiger partial charge in [-0.2, -0.15) is 0 Å². The van der Waals surface area contributed by atoms with Crippen molar-refractivity contribution in [1.82, 2.24) is 15.5 Å². The molecule has 9 nitrogen and oxygen atoms in total. The first-order valence-electron chi connectivity index (χ1n) is 12.0. The number of benzene rings is 1. The van der Waals surface area contributed by atoms with Gasteiger partial charge in [0, 0.05) is 23.8 Å². The Hall–Kier alpha value is -3.46. The molecule has 2 amide bonds. The zero-order chi connectivity index (χ0) is 24.8. The number of carbonyl (C=O) groups excluding carboxylic acids is 2. The van der Waals surface area contributed by atoms with Crippen molar-refractivity contribution in [3.05, 3.63) is 59.2 Å². The average Bonchev–Trinajstić information content (AvgIpc) is 3.57. The lowest BCUT2D eigenvalue weighted by atomic mass is 9.93. The molecule has 2 aromatic rings. The third-order valence-electron chi connectivity index (χ3n) is 6.53. The van der Waals surface area contributed by atoms with E-state index in [0.717, 1.165) is 31.4 Å². The summed E-state index contributed by atoms with van der Waals surface area (Å²) >= 11 is 0. The second-order valence-electron chi connectivity index (χ2n) is 8.65. The number of nitrogens with one attached hydrogen (secondary N) is 2. The van der Waals surface area contributed by atoms with Crippen molar-refractivity contribution >= 4 is 12.0 Å². The molecule has 2 heterocycles. The Morgan fingerprint density at radius 3 is 2.57 bits per heavy atom. The van der Waals surface area contributed by atoms with E-state index in [0.29, 0.717) is 47.5 Å². The fourth-order valence-corrected chi connectivity index (χ4v) is 4.95. The number of amides is 2. The molecule has 0 bridgehead atoms. The zero-order valence-corrected chi connectivity index (χ0v) is 20.5. The minimum atomic E-state index is -0.767. The molecule has 1 atom stereocenters. The molecule has 0 unspecified atom stereocenters. The van der Waals surface area contributed by atoms with Crippen LogP contribution < -0.4 is 20.1 Å². The molecule has 2 N–H and O–H groups in total. The second-order valence-corrected chi connectivity index (χ2v) is 8.65. The Bertz CT molecular complexity index is 1060. The lowest BCUT2D eigenvalue weighted by molar-refractivity contribution is -0.139. The summed E-state index contributed by atoms with van der Waals surface area (Å²) in [5.74, 6) is 1.30. The zero-order valence-electron chi connectivity index (χ0n) is 20.5. The number of hydrogen-bond donors (Lipinski definition) is 2. The van der Waals surface area contributed by atoms with Crippen molar-refractivity contribution in [2.75, 3.05) is 27.4 Å².